The molecule has 1 atom stereocenters. The minimum atomic E-state index is -3.36. The highest BCUT2D eigenvalue weighted by Gasteiger charge is 2.30. The van der Waals surface area contributed by atoms with E-state index in [1.165, 1.54) is 0 Å². The van der Waals surface area contributed by atoms with Crippen LogP contribution in [0.4, 0.5) is 0 Å². The number of rotatable bonds is 4. The molecule has 18 heavy (non-hydrogen) atoms. The van der Waals surface area contributed by atoms with Crippen LogP contribution in [0, 0.1) is 0 Å². The molecule has 4 heteroatoms. The number of hydrogen-bond donors (Lipinski definition) is 1. The summed E-state index contributed by atoms with van der Waals surface area (Å²) in [6.45, 7) is 10.8. The Morgan fingerprint density at radius 1 is 1.22 bits per heavy atom. The zero-order valence-electron chi connectivity index (χ0n) is 11.4. The number of hydrogen-bond acceptors (Lipinski definition) is 2. The predicted octanol–water partition coefficient (Wildman–Crippen LogP) is 2.81. The normalized spacial score (nSPS) is 14.2. The van der Waals surface area contributed by atoms with Crippen molar-refractivity contribution in [2.45, 2.75) is 38.5 Å². The molecule has 0 saturated carbocycles. The molecule has 0 amide bonds. The van der Waals surface area contributed by atoms with Crippen LogP contribution in [0.2, 0.25) is 0 Å². The first-order chi connectivity index (χ1) is 8.15. The summed E-state index contributed by atoms with van der Waals surface area (Å²) in [5, 5.41) is 0. The molecule has 0 radical (unpaired) electrons. The summed E-state index contributed by atoms with van der Waals surface area (Å²) in [5.74, 6) is 0. The van der Waals surface area contributed by atoms with Gasteiger partial charge in [0.05, 0.1) is 4.75 Å². The summed E-state index contributed by atoms with van der Waals surface area (Å²) in [5.41, 5.74) is 1.71. The topological polar surface area (TPSA) is 46.2 Å². The Hall–Kier alpha value is -1.13. The summed E-state index contributed by atoms with van der Waals surface area (Å²) in [7, 11) is -3.36. The third kappa shape index (κ3) is 3.43. The monoisotopic (exact) mass is 267 g/mol. The summed E-state index contributed by atoms with van der Waals surface area (Å²) >= 11 is 0. The van der Waals surface area contributed by atoms with Gasteiger partial charge in [-0.25, -0.2) is 13.1 Å². The van der Waals surface area contributed by atoms with Crippen molar-refractivity contribution in [3.05, 3.63) is 42.5 Å². The molecule has 0 heterocycles. The Bertz CT molecular complexity index is 512. The van der Waals surface area contributed by atoms with Gasteiger partial charge in [0.2, 0.25) is 10.0 Å². The van der Waals surface area contributed by atoms with Gasteiger partial charge in [0.15, 0.2) is 0 Å². The fourth-order valence-corrected chi connectivity index (χ4v) is 2.34. The van der Waals surface area contributed by atoms with E-state index in [1.807, 2.05) is 30.3 Å². The summed E-state index contributed by atoms with van der Waals surface area (Å²) < 4.78 is 25.9. The van der Waals surface area contributed by atoms with Crippen LogP contribution in [0.15, 0.2) is 36.9 Å². The van der Waals surface area contributed by atoms with Gasteiger partial charge in [-0.15, -0.1) is 0 Å². The van der Waals surface area contributed by atoms with Crippen LogP contribution in [0.5, 0.6) is 0 Å². The SMILES string of the molecule is C=C(c1ccccc1)C(C)NS(=O)(=O)C(C)(C)C. The van der Waals surface area contributed by atoms with E-state index in [4.69, 9.17) is 0 Å². The molecule has 100 valence electrons. The molecule has 1 aromatic rings. The number of sulfonamides is 1. The van der Waals surface area contributed by atoms with E-state index in [1.54, 1.807) is 27.7 Å². The van der Waals surface area contributed by atoms with E-state index >= 15 is 0 Å². The molecule has 0 spiro atoms. The van der Waals surface area contributed by atoms with E-state index in [2.05, 4.69) is 11.3 Å². The summed E-state index contributed by atoms with van der Waals surface area (Å²) in [6, 6.07) is 9.25. The minimum absolute atomic E-state index is 0.323. The van der Waals surface area contributed by atoms with E-state index in [0.29, 0.717) is 0 Å². The van der Waals surface area contributed by atoms with Crippen LogP contribution in [-0.4, -0.2) is 19.2 Å². The van der Waals surface area contributed by atoms with Gasteiger partial charge in [-0.3, -0.25) is 0 Å². The highest BCUT2D eigenvalue weighted by molar-refractivity contribution is 7.90. The largest absolute Gasteiger partial charge is 0.217 e. The molecule has 0 saturated heterocycles. The Balaban J connectivity index is 2.85. The van der Waals surface area contributed by atoms with Gasteiger partial charge in [0.1, 0.15) is 0 Å². The van der Waals surface area contributed by atoms with Crippen molar-refractivity contribution in [2.24, 2.45) is 0 Å². The van der Waals surface area contributed by atoms with Crippen LogP contribution in [0.1, 0.15) is 33.3 Å². The first-order valence-electron chi connectivity index (χ1n) is 5.91. The quantitative estimate of drug-likeness (QED) is 0.911. The lowest BCUT2D eigenvalue weighted by atomic mass is 10.0. The first-order valence-corrected chi connectivity index (χ1v) is 7.39. The molecule has 0 aliphatic rings. The molecule has 3 nitrogen and oxygen atoms in total. The molecule has 0 aliphatic carbocycles. The van der Waals surface area contributed by atoms with E-state index in [0.717, 1.165) is 11.1 Å². The maximum atomic E-state index is 12.0. The highest BCUT2D eigenvalue weighted by atomic mass is 32.2. The Morgan fingerprint density at radius 2 is 1.72 bits per heavy atom. The fourth-order valence-electron chi connectivity index (χ4n) is 1.38. The lowest BCUT2D eigenvalue weighted by Crippen LogP contribution is -2.43. The molecule has 0 bridgehead atoms. The van der Waals surface area contributed by atoms with Crippen LogP contribution < -0.4 is 4.72 Å². The fraction of sp³-hybridized carbons (Fsp3) is 0.429. The number of nitrogens with one attached hydrogen (secondary N) is 1. The van der Waals surface area contributed by atoms with Crippen molar-refractivity contribution >= 4 is 15.6 Å². The third-order valence-electron chi connectivity index (χ3n) is 2.81. The van der Waals surface area contributed by atoms with Crippen LogP contribution in [-0.2, 0) is 10.0 Å². The maximum absolute atomic E-state index is 12.0. The first kappa shape index (κ1) is 14.9. The van der Waals surface area contributed by atoms with Crippen molar-refractivity contribution < 1.29 is 8.42 Å². The van der Waals surface area contributed by atoms with Gasteiger partial charge in [-0.05, 0) is 38.8 Å². The van der Waals surface area contributed by atoms with Crippen molar-refractivity contribution in [2.75, 3.05) is 0 Å². The second kappa shape index (κ2) is 5.24. The molecule has 0 fully saturated rings. The van der Waals surface area contributed by atoms with Crippen molar-refractivity contribution in [1.29, 1.82) is 0 Å². The molecular weight excluding hydrogens is 246 g/mol. The summed E-state index contributed by atoms with van der Waals surface area (Å²) in [6.07, 6.45) is 0. The lowest BCUT2D eigenvalue weighted by Gasteiger charge is -2.24. The zero-order valence-corrected chi connectivity index (χ0v) is 12.2. The molecule has 1 rings (SSSR count). The van der Waals surface area contributed by atoms with Crippen molar-refractivity contribution in [3.8, 4) is 0 Å². The molecule has 1 N–H and O–H groups in total. The molecule has 1 unspecified atom stereocenters. The Kier molecular flexibility index (Phi) is 4.35. The predicted molar refractivity (Wildman–Crippen MR) is 76.7 cm³/mol. The van der Waals surface area contributed by atoms with Gasteiger partial charge in [0.25, 0.3) is 0 Å². The van der Waals surface area contributed by atoms with Gasteiger partial charge in [-0.2, -0.15) is 0 Å². The molecule has 0 aromatic heterocycles. The smallest absolute Gasteiger partial charge is 0.212 e. The summed E-state index contributed by atoms with van der Waals surface area (Å²) in [4.78, 5) is 0. The van der Waals surface area contributed by atoms with Crippen molar-refractivity contribution in [1.82, 2.24) is 4.72 Å². The van der Waals surface area contributed by atoms with Gasteiger partial charge in [-0.1, -0.05) is 36.9 Å². The lowest BCUT2D eigenvalue weighted by molar-refractivity contribution is 0.541. The average Bonchev–Trinajstić information content (AvgIpc) is 2.27. The van der Waals surface area contributed by atoms with Gasteiger partial charge < -0.3 is 0 Å². The number of benzene rings is 1. The second-order valence-electron chi connectivity index (χ2n) is 5.35. The molecular formula is C14H21NO2S. The highest BCUT2D eigenvalue weighted by Crippen LogP contribution is 2.19. The minimum Gasteiger partial charge on any atom is -0.212 e. The standard InChI is InChI=1S/C14H21NO2S/c1-11(13-9-7-6-8-10-13)12(2)15-18(16,17)14(3,4)5/h6-10,12,15H,1H2,2-5H3. The van der Waals surface area contributed by atoms with Crippen molar-refractivity contribution in [3.63, 3.8) is 0 Å². The Labute approximate surface area is 110 Å². The van der Waals surface area contributed by atoms with Gasteiger partial charge in [0, 0.05) is 6.04 Å². The van der Waals surface area contributed by atoms with E-state index in [9.17, 15) is 8.42 Å². The molecule has 0 aliphatic heterocycles. The van der Waals surface area contributed by atoms with E-state index < -0.39 is 14.8 Å². The van der Waals surface area contributed by atoms with E-state index in [-0.39, 0.29) is 6.04 Å². The third-order valence-corrected chi connectivity index (χ3v) is 5.08. The van der Waals surface area contributed by atoms with Crippen LogP contribution in [0.3, 0.4) is 0 Å². The maximum Gasteiger partial charge on any atom is 0.217 e. The molecule has 1 aromatic carbocycles. The van der Waals surface area contributed by atoms with Crippen LogP contribution in [0.25, 0.3) is 5.57 Å². The average molecular weight is 267 g/mol. The van der Waals surface area contributed by atoms with Crippen LogP contribution >= 0.6 is 0 Å². The zero-order chi connectivity index (χ0) is 14.0. The Morgan fingerprint density at radius 3 is 2.17 bits per heavy atom. The second-order valence-corrected chi connectivity index (χ2v) is 7.81. The van der Waals surface area contributed by atoms with Gasteiger partial charge >= 0.3 is 0 Å².